The molecule has 0 radical (unpaired) electrons. The molecule has 3 saturated heterocycles. The quantitative estimate of drug-likeness (QED) is 0.379. The van der Waals surface area contributed by atoms with Gasteiger partial charge >= 0.3 is 6.01 Å². The molecule has 0 spiro atoms. The molecule has 3 aliphatic rings. The fourth-order valence-corrected chi connectivity index (χ4v) is 5.42. The molecular formula is C29H29N7O6S. The molecule has 14 heteroatoms. The molecule has 1 aromatic heterocycles. The van der Waals surface area contributed by atoms with E-state index in [9.17, 15) is 14.4 Å². The maximum Gasteiger partial charge on any atom is 0.328 e. The van der Waals surface area contributed by atoms with Gasteiger partial charge in [-0.3, -0.25) is 19.3 Å². The van der Waals surface area contributed by atoms with E-state index in [0.717, 1.165) is 16.7 Å². The van der Waals surface area contributed by atoms with Crippen LogP contribution < -0.4 is 19.9 Å². The van der Waals surface area contributed by atoms with Crippen LogP contribution in [-0.2, 0) is 19.1 Å². The van der Waals surface area contributed by atoms with Crippen LogP contribution in [-0.4, -0.2) is 96.1 Å². The van der Waals surface area contributed by atoms with Crippen molar-refractivity contribution in [2.45, 2.75) is 0 Å². The van der Waals surface area contributed by atoms with Crippen molar-refractivity contribution in [3.8, 4) is 11.8 Å². The van der Waals surface area contributed by atoms with Crippen LogP contribution >= 0.6 is 11.8 Å². The number of morpholine rings is 2. The van der Waals surface area contributed by atoms with E-state index in [1.807, 2.05) is 15.9 Å². The van der Waals surface area contributed by atoms with E-state index in [4.69, 9.17) is 19.2 Å². The van der Waals surface area contributed by atoms with Crippen molar-refractivity contribution in [3.05, 3.63) is 65.1 Å². The second-order valence-electron chi connectivity index (χ2n) is 9.77. The number of imide groups is 1. The highest BCUT2D eigenvalue weighted by atomic mass is 32.2. The van der Waals surface area contributed by atoms with E-state index in [0.29, 0.717) is 81.5 Å². The molecule has 0 bridgehead atoms. The van der Waals surface area contributed by atoms with E-state index >= 15 is 0 Å². The van der Waals surface area contributed by atoms with E-state index < -0.39 is 17.1 Å². The van der Waals surface area contributed by atoms with Crippen LogP contribution in [0.2, 0.25) is 0 Å². The zero-order chi connectivity index (χ0) is 29.6. The summed E-state index contributed by atoms with van der Waals surface area (Å²) in [6.07, 6.45) is 1.61. The number of nitrogens with one attached hydrogen (secondary N) is 1. The lowest BCUT2D eigenvalue weighted by molar-refractivity contribution is -0.127. The zero-order valence-corrected chi connectivity index (χ0v) is 24.0. The molecule has 3 amide bonds. The number of nitrogens with zero attached hydrogens (tertiary/aromatic N) is 6. The molecule has 3 aliphatic heterocycles. The van der Waals surface area contributed by atoms with E-state index in [2.05, 4.69) is 15.3 Å². The van der Waals surface area contributed by atoms with Gasteiger partial charge in [-0.1, -0.05) is 30.3 Å². The average Bonchev–Trinajstić information content (AvgIpc) is 3.30. The van der Waals surface area contributed by atoms with Gasteiger partial charge in [-0.2, -0.15) is 15.0 Å². The third-order valence-electron chi connectivity index (χ3n) is 6.80. The molecule has 3 aromatic rings. The minimum atomic E-state index is -0.519. The third-order valence-corrected chi connectivity index (χ3v) is 7.71. The highest BCUT2D eigenvalue weighted by Crippen LogP contribution is 2.33. The lowest BCUT2D eigenvalue weighted by Crippen LogP contribution is -2.40. The van der Waals surface area contributed by atoms with Gasteiger partial charge in [-0.05, 0) is 47.7 Å². The first-order valence-electron chi connectivity index (χ1n) is 13.8. The SMILES string of the molecule is O=C(CN1C(=O)S/C(=C\c2ccc(Oc3nc(N4CCOCC4)nc(N4CCOCC4)n3)cc2)C1=O)Nc1ccccc1. The van der Waals surface area contributed by atoms with Crippen LogP contribution in [0, 0.1) is 0 Å². The van der Waals surface area contributed by atoms with Crippen LogP contribution in [0.5, 0.6) is 11.8 Å². The molecule has 2 aromatic carbocycles. The summed E-state index contributed by atoms with van der Waals surface area (Å²) in [6, 6.07) is 16.0. The molecule has 43 heavy (non-hydrogen) atoms. The van der Waals surface area contributed by atoms with Gasteiger partial charge in [0, 0.05) is 31.9 Å². The largest absolute Gasteiger partial charge is 0.424 e. The maximum atomic E-state index is 12.9. The maximum absolute atomic E-state index is 12.9. The molecule has 0 unspecified atom stereocenters. The Morgan fingerprint density at radius 3 is 2.07 bits per heavy atom. The van der Waals surface area contributed by atoms with Crippen molar-refractivity contribution in [2.24, 2.45) is 0 Å². The van der Waals surface area contributed by atoms with Crippen LogP contribution in [0.1, 0.15) is 5.56 Å². The Labute approximate surface area is 251 Å². The predicted octanol–water partition coefficient (Wildman–Crippen LogP) is 3.01. The average molecular weight is 604 g/mol. The fraction of sp³-hybridized carbons (Fsp3) is 0.310. The summed E-state index contributed by atoms with van der Waals surface area (Å²) in [5.74, 6) is 0.576. The second kappa shape index (κ2) is 13.2. The second-order valence-corrected chi connectivity index (χ2v) is 10.8. The molecule has 1 N–H and O–H groups in total. The van der Waals surface area contributed by atoms with Crippen molar-refractivity contribution in [1.82, 2.24) is 19.9 Å². The summed E-state index contributed by atoms with van der Waals surface area (Å²) in [5, 5.41) is 2.19. The number of hydrogen-bond acceptors (Lipinski definition) is 12. The van der Waals surface area contributed by atoms with Crippen molar-refractivity contribution in [2.75, 3.05) is 74.3 Å². The number of para-hydroxylation sites is 1. The summed E-state index contributed by atoms with van der Waals surface area (Å²) < 4.78 is 17.0. The van der Waals surface area contributed by atoms with E-state index in [-0.39, 0.29) is 17.5 Å². The van der Waals surface area contributed by atoms with Gasteiger partial charge in [-0.25, -0.2) is 0 Å². The van der Waals surface area contributed by atoms with Gasteiger partial charge in [0.05, 0.1) is 31.3 Å². The molecule has 0 aliphatic carbocycles. The first-order valence-corrected chi connectivity index (χ1v) is 14.6. The van der Waals surface area contributed by atoms with Gasteiger partial charge in [0.1, 0.15) is 12.3 Å². The molecule has 3 fully saturated rings. The van der Waals surface area contributed by atoms with E-state index in [1.165, 1.54) is 0 Å². The number of anilines is 3. The Bertz CT molecular complexity index is 1470. The van der Waals surface area contributed by atoms with Crippen LogP contribution in [0.15, 0.2) is 59.5 Å². The van der Waals surface area contributed by atoms with E-state index in [1.54, 1.807) is 54.6 Å². The highest BCUT2D eigenvalue weighted by Gasteiger charge is 2.36. The van der Waals surface area contributed by atoms with Crippen LogP contribution in [0.25, 0.3) is 6.08 Å². The summed E-state index contributed by atoms with van der Waals surface area (Å²) in [7, 11) is 0. The van der Waals surface area contributed by atoms with Crippen molar-refractivity contribution >= 4 is 52.5 Å². The molecule has 4 heterocycles. The van der Waals surface area contributed by atoms with Crippen LogP contribution in [0.3, 0.4) is 0 Å². The van der Waals surface area contributed by atoms with Gasteiger partial charge < -0.3 is 29.3 Å². The topological polar surface area (TPSA) is 139 Å². The minimum Gasteiger partial charge on any atom is -0.424 e. The molecule has 13 nitrogen and oxygen atoms in total. The Morgan fingerprint density at radius 2 is 1.47 bits per heavy atom. The van der Waals surface area contributed by atoms with Gasteiger partial charge in [0.15, 0.2) is 0 Å². The van der Waals surface area contributed by atoms with Gasteiger partial charge in [0.25, 0.3) is 11.1 Å². The number of thioether (sulfide) groups is 1. The lowest BCUT2D eigenvalue weighted by Gasteiger charge is -2.30. The predicted molar refractivity (Wildman–Crippen MR) is 160 cm³/mol. The number of carbonyl (C=O) groups is 3. The Morgan fingerprint density at radius 1 is 0.860 bits per heavy atom. The molecule has 222 valence electrons. The Balaban J connectivity index is 1.13. The Kier molecular flexibility index (Phi) is 8.77. The molecule has 0 saturated carbocycles. The van der Waals surface area contributed by atoms with Crippen molar-refractivity contribution in [3.63, 3.8) is 0 Å². The number of hydrogen-bond donors (Lipinski definition) is 1. The van der Waals surface area contributed by atoms with Crippen LogP contribution in [0.4, 0.5) is 22.4 Å². The van der Waals surface area contributed by atoms with Gasteiger partial charge in [0.2, 0.25) is 17.8 Å². The molecular weight excluding hydrogens is 574 g/mol. The monoisotopic (exact) mass is 603 g/mol. The summed E-state index contributed by atoms with van der Waals surface area (Å²) in [4.78, 5) is 56.9. The smallest absolute Gasteiger partial charge is 0.328 e. The third kappa shape index (κ3) is 7.10. The fourth-order valence-electron chi connectivity index (χ4n) is 4.58. The van der Waals surface area contributed by atoms with Crippen molar-refractivity contribution < 1.29 is 28.6 Å². The summed E-state index contributed by atoms with van der Waals surface area (Å²) >= 11 is 0.795. The first kappa shape index (κ1) is 28.6. The number of carbonyl (C=O) groups excluding carboxylic acids is 3. The van der Waals surface area contributed by atoms with Crippen molar-refractivity contribution in [1.29, 1.82) is 0 Å². The molecule has 0 atom stereocenters. The summed E-state index contributed by atoms with van der Waals surface area (Å²) in [6.45, 7) is 4.69. The number of rotatable bonds is 8. The standard InChI is InChI=1S/C29H29N7O6S/c37-24(30-21-4-2-1-3-5-21)19-36-25(38)23(43-29(36)39)18-20-6-8-22(9-7-20)42-28-32-26(34-10-14-40-15-11-34)31-27(33-28)35-12-16-41-17-13-35/h1-9,18H,10-17,19H2,(H,30,37)/b23-18-. The summed E-state index contributed by atoms with van der Waals surface area (Å²) in [5.41, 5.74) is 1.27. The highest BCUT2D eigenvalue weighted by molar-refractivity contribution is 8.18. The minimum absolute atomic E-state index is 0.167. The number of amides is 3. The normalized spacial score (nSPS) is 18.3. The first-order chi connectivity index (χ1) is 21.0. The number of ether oxygens (including phenoxy) is 3. The number of aromatic nitrogens is 3. The zero-order valence-electron chi connectivity index (χ0n) is 23.2. The Hall–Kier alpha value is -4.53. The molecule has 6 rings (SSSR count). The number of benzene rings is 2. The lowest BCUT2D eigenvalue weighted by atomic mass is 10.2. The van der Waals surface area contributed by atoms with Gasteiger partial charge in [-0.15, -0.1) is 0 Å².